The maximum Gasteiger partial charge on any atom is 0.416 e. The number of sulfonamides is 1. The molecule has 154 valence electrons. The molecule has 1 fully saturated rings. The third-order valence-corrected chi connectivity index (χ3v) is 6.65. The average molecular weight is 426 g/mol. The van der Waals surface area contributed by atoms with Crippen LogP contribution in [0.5, 0.6) is 0 Å². The third-order valence-electron chi connectivity index (χ3n) is 4.84. The second kappa shape index (κ2) is 7.30. The molecule has 1 saturated heterocycles. The quantitative estimate of drug-likeness (QED) is 0.638. The Balaban J connectivity index is 1.52. The number of alkyl halides is 3. The Morgan fingerprint density at radius 3 is 2.48 bits per heavy atom. The summed E-state index contributed by atoms with van der Waals surface area (Å²) in [6.07, 6.45) is -1.65. The predicted molar refractivity (Wildman–Crippen MR) is 99.7 cm³/mol. The number of nitrogens with zero attached hydrogens (tertiary/aromatic N) is 4. The van der Waals surface area contributed by atoms with E-state index in [4.69, 9.17) is 0 Å². The molecule has 0 spiro atoms. The standard InChI is InChI=1S/C18H17F3N4O3S/c19-18(20,21)13-1-2-15-16(11-13)22-5-3-17(15)24-6-8-25(9-7-24)29(26,27)12-14-4-10-28-23-14/h1-5,10-11H,6-9,12H2. The highest BCUT2D eigenvalue weighted by Gasteiger charge is 2.31. The number of piperazine rings is 1. The molecule has 7 nitrogen and oxygen atoms in total. The van der Waals surface area contributed by atoms with Gasteiger partial charge in [-0.25, -0.2) is 8.42 Å². The lowest BCUT2D eigenvalue weighted by Gasteiger charge is -2.35. The summed E-state index contributed by atoms with van der Waals surface area (Å²) in [5.41, 5.74) is 0.571. The van der Waals surface area contributed by atoms with Crippen molar-refractivity contribution in [3.63, 3.8) is 0 Å². The SMILES string of the molecule is O=S(=O)(Cc1ccon1)N1CCN(c2ccnc3cc(C(F)(F)F)ccc23)CC1. The van der Waals surface area contributed by atoms with Crippen molar-refractivity contribution in [2.75, 3.05) is 31.1 Å². The van der Waals surface area contributed by atoms with Crippen molar-refractivity contribution in [1.82, 2.24) is 14.4 Å². The van der Waals surface area contributed by atoms with Crippen LogP contribution in [0.1, 0.15) is 11.3 Å². The molecule has 3 aromatic rings. The number of benzene rings is 1. The predicted octanol–water partition coefficient (Wildman–Crippen LogP) is 2.89. The van der Waals surface area contributed by atoms with Crippen LogP contribution in [0.25, 0.3) is 10.9 Å². The summed E-state index contributed by atoms with van der Waals surface area (Å²) >= 11 is 0. The van der Waals surface area contributed by atoms with Gasteiger partial charge in [-0.1, -0.05) is 11.2 Å². The normalized spacial score (nSPS) is 16.4. The topological polar surface area (TPSA) is 79.5 Å². The smallest absolute Gasteiger partial charge is 0.368 e. The number of halogens is 3. The molecule has 0 aliphatic carbocycles. The van der Waals surface area contributed by atoms with Gasteiger partial charge in [-0.15, -0.1) is 0 Å². The second-order valence-corrected chi connectivity index (χ2v) is 8.66. The van der Waals surface area contributed by atoms with E-state index in [1.165, 1.54) is 28.9 Å². The van der Waals surface area contributed by atoms with Gasteiger partial charge in [0.2, 0.25) is 10.0 Å². The zero-order valence-corrected chi connectivity index (χ0v) is 15.9. The summed E-state index contributed by atoms with van der Waals surface area (Å²) in [4.78, 5) is 6.02. The van der Waals surface area contributed by atoms with Crippen molar-refractivity contribution in [3.05, 3.63) is 54.0 Å². The maximum absolute atomic E-state index is 13.0. The molecule has 0 bridgehead atoms. The lowest BCUT2D eigenvalue weighted by atomic mass is 10.1. The lowest BCUT2D eigenvalue weighted by molar-refractivity contribution is -0.137. The van der Waals surface area contributed by atoms with Crippen molar-refractivity contribution in [2.24, 2.45) is 0 Å². The van der Waals surface area contributed by atoms with Gasteiger partial charge in [0.15, 0.2) is 0 Å². The minimum absolute atomic E-state index is 0.234. The van der Waals surface area contributed by atoms with E-state index in [9.17, 15) is 21.6 Å². The molecule has 0 radical (unpaired) electrons. The average Bonchev–Trinajstić information content (AvgIpc) is 3.19. The van der Waals surface area contributed by atoms with Gasteiger partial charge in [0, 0.05) is 49.5 Å². The number of hydrogen-bond acceptors (Lipinski definition) is 6. The zero-order chi connectivity index (χ0) is 20.6. The monoisotopic (exact) mass is 426 g/mol. The van der Waals surface area contributed by atoms with E-state index in [0.717, 1.165) is 17.8 Å². The van der Waals surface area contributed by atoms with Crippen LogP contribution in [-0.4, -0.2) is 49.0 Å². The van der Waals surface area contributed by atoms with Gasteiger partial charge in [-0.2, -0.15) is 17.5 Å². The minimum Gasteiger partial charge on any atom is -0.368 e. The summed E-state index contributed by atoms with van der Waals surface area (Å²) in [5.74, 6) is -0.234. The van der Waals surface area contributed by atoms with Crippen LogP contribution in [0.15, 0.2) is 47.3 Å². The Morgan fingerprint density at radius 2 is 1.83 bits per heavy atom. The minimum atomic E-state index is -4.43. The molecule has 0 N–H and O–H groups in total. The van der Waals surface area contributed by atoms with E-state index >= 15 is 0 Å². The Labute approximate surface area is 164 Å². The molecule has 0 amide bonds. The van der Waals surface area contributed by atoms with Crippen molar-refractivity contribution in [3.8, 4) is 0 Å². The number of fused-ring (bicyclic) bond motifs is 1. The molecule has 4 rings (SSSR count). The Kier molecular flexibility index (Phi) is 4.95. The maximum atomic E-state index is 13.0. The number of hydrogen-bond donors (Lipinski definition) is 0. The fraction of sp³-hybridized carbons (Fsp3) is 0.333. The molecule has 0 atom stereocenters. The summed E-state index contributed by atoms with van der Waals surface area (Å²) in [5, 5.41) is 4.24. The van der Waals surface area contributed by atoms with Crippen LogP contribution in [0, 0.1) is 0 Å². The van der Waals surface area contributed by atoms with E-state index in [1.807, 2.05) is 4.90 Å². The molecule has 0 saturated carbocycles. The van der Waals surface area contributed by atoms with Crippen molar-refractivity contribution < 1.29 is 26.1 Å². The van der Waals surface area contributed by atoms with Crippen molar-refractivity contribution >= 4 is 26.6 Å². The van der Waals surface area contributed by atoms with Crippen LogP contribution in [0.2, 0.25) is 0 Å². The van der Waals surface area contributed by atoms with Gasteiger partial charge >= 0.3 is 6.18 Å². The molecule has 29 heavy (non-hydrogen) atoms. The highest BCUT2D eigenvalue weighted by Crippen LogP contribution is 2.33. The van der Waals surface area contributed by atoms with Gasteiger partial charge < -0.3 is 9.42 Å². The lowest BCUT2D eigenvalue weighted by Crippen LogP contribution is -2.49. The Morgan fingerprint density at radius 1 is 1.07 bits per heavy atom. The van der Waals surface area contributed by atoms with E-state index < -0.39 is 21.8 Å². The molecular weight excluding hydrogens is 409 g/mol. The first-order valence-electron chi connectivity index (χ1n) is 8.82. The summed E-state index contributed by atoms with van der Waals surface area (Å²) in [7, 11) is -3.53. The first kappa shape index (κ1) is 19.6. The van der Waals surface area contributed by atoms with Crippen molar-refractivity contribution in [2.45, 2.75) is 11.9 Å². The third kappa shape index (κ3) is 4.06. The second-order valence-electron chi connectivity index (χ2n) is 6.69. The highest BCUT2D eigenvalue weighted by atomic mass is 32.2. The fourth-order valence-electron chi connectivity index (χ4n) is 3.38. The Bertz CT molecular complexity index is 1110. The number of anilines is 1. The highest BCUT2D eigenvalue weighted by molar-refractivity contribution is 7.88. The fourth-order valence-corrected chi connectivity index (χ4v) is 4.81. The van der Waals surface area contributed by atoms with Crippen LogP contribution in [0.4, 0.5) is 18.9 Å². The van der Waals surface area contributed by atoms with Gasteiger partial charge in [-0.3, -0.25) is 4.98 Å². The molecule has 3 heterocycles. The van der Waals surface area contributed by atoms with Crippen molar-refractivity contribution in [1.29, 1.82) is 0 Å². The summed E-state index contributed by atoms with van der Waals surface area (Å²) in [6.45, 7) is 1.37. The van der Waals surface area contributed by atoms with Crippen LogP contribution in [-0.2, 0) is 22.0 Å². The van der Waals surface area contributed by atoms with E-state index in [2.05, 4.69) is 14.7 Å². The van der Waals surface area contributed by atoms with E-state index in [-0.39, 0.29) is 24.4 Å². The molecule has 0 unspecified atom stereocenters. The van der Waals surface area contributed by atoms with Crippen LogP contribution < -0.4 is 4.90 Å². The largest absolute Gasteiger partial charge is 0.416 e. The number of aromatic nitrogens is 2. The molecule has 1 aliphatic heterocycles. The van der Waals surface area contributed by atoms with Gasteiger partial charge in [0.05, 0.1) is 16.8 Å². The summed E-state index contributed by atoms with van der Waals surface area (Å²) in [6, 6.07) is 6.71. The first-order chi connectivity index (χ1) is 13.7. The van der Waals surface area contributed by atoms with Crippen LogP contribution >= 0.6 is 0 Å². The number of rotatable bonds is 4. The van der Waals surface area contributed by atoms with Gasteiger partial charge in [0.1, 0.15) is 12.0 Å². The summed E-state index contributed by atoms with van der Waals surface area (Å²) < 4.78 is 70.0. The molecular formula is C18H17F3N4O3S. The van der Waals surface area contributed by atoms with E-state index in [1.54, 1.807) is 6.07 Å². The molecule has 2 aromatic heterocycles. The van der Waals surface area contributed by atoms with Gasteiger partial charge in [-0.05, 0) is 18.2 Å². The molecule has 1 aromatic carbocycles. The Hall–Kier alpha value is -2.66. The molecule has 1 aliphatic rings. The zero-order valence-electron chi connectivity index (χ0n) is 15.1. The van der Waals surface area contributed by atoms with E-state index in [0.29, 0.717) is 24.2 Å². The van der Waals surface area contributed by atoms with Crippen LogP contribution in [0.3, 0.4) is 0 Å². The molecule has 11 heteroatoms. The number of pyridine rings is 1. The first-order valence-corrected chi connectivity index (χ1v) is 10.4. The van der Waals surface area contributed by atoms with Gasteiger partial charge in [0.25, 0.3) is 0 Å².